The van der Waals surface area contributed by atoms with E-state index in [2.05, 4.69) is 17.6 Å². The molecule has 0 aromatic carbocycles. The van der Waals surface area contributed by atoms with Crippen LogP contribution in [0, 0.1) is 5.92 Å². The first-order valence-corrected chi connectivity index (χ1v) is 5.43. The number of aliphatic imine (C=N–C) groups is 1. The summed E-state index contributed by atoms with van der Waals surface area (Å²) in [6.07, 6.45) is 1.77. The first-order chi connectivity index (χ1) is 5.75. The molecule has 1 aliphatic rings. The lowest BCUT2D eigenvalue weighted by Gasteiger charge is -2.08. The van der Waals surface area contributed by atoms with E-state index in [0.717, 1.165) is 5.75 Å². The van der Waals surface area contributed by atoms with Gasteiger partial charge in [0.05, 0.1) is 0 Å². The number of allylic oxidation sites excluding steroid dienone is 1. The zero-order valence-electron chi connectivity index (χ0n) is 6.86. The fourth-order valence-electron chi connectivity index (χ4n) is 0.793. The topological polar surface area (TPSA) is 29.4 Å². The van der Waals surface area contributed by atoms with Gasteiger partial charge < -0.3 is 0 Å². The molecule has 0 N–H and O–H groups in total. The Hall–Kier alpha value is -0.220. The average Bonchev–Trinajstić information content (AvgIpc) is 2.17. The van der Waals surface area contributed by atoms with Crippen LogP contribution < -0.4 is 0 Å². The molecule has 1 heterocycles. The highest BCUT2D eigenvalue weighted by Crippen LogP contribution is 2.17. The minimum atomic E-state index is -0.0320. The van der Waals surface area contributed by atoms with E-state index in [1.165, 1.54) is 0 Å². The van der Waals surface area contributed by atoms with E-state index in [0.29, 0.717) is 11.4 Å². The van der Waals surface area contributed by atoms with E-state index in [1.807, 2.05) is 12.3 Å². The van der Waals surface area contributed by atoms with Crippen LogP contribution in [0.3, 0.4) is 0 Å². The molecule has 0 spiro atoms. The van der Waals surface area contributed by atoms with Crippen molar-refractivity contribution in [3.05, 3.63) is 11.1 Å². The molecule has 0 aromatic rings. The molecule has 0 amide bonds. The van der Waals surface area contributed by atoms with Crippen molar-refractivity contribution in [1.29, 1.82) is 0 Å². The molecule has 1 rings (SSSR count). The highest BCUT2D eigenvalue weighted by molar-refractivity contribution is 8.02. The Morgan fingerprint density at radius 1 is 1.92 bits per heavy atom. The fraction of sp³-hybridized carbons (Fsp3) is 0.500. The van der Waals surface area contributed by atoms with Gasteiger partial charge in [-0.05, 0) is 0 Å². The SMILES string of the molecule is CC(CS)C(=O)C1=CSCC=N1. The van der Waals surface area contributed by atoms with Crippen molar-refractivity contribution in [1.82, 2.24) is 0 Å². The van der Waals surface area contributed by atoms with E-state index in [4.69, 9.17) is 0 Å². The van der Waals surface area contributed by atoms with E-state index >= 15 is 0 Å². The summed E-state index contributed by atoms with van der Waals surface area (Å²) in [6, 6.07) is 0. The summed E-state index contributed by atoms with van der Waals surface area (Å²) in [6.45, 7) is 1.87. The second-order valence-electron chi connectivity index (χ2n) is 2.60. The summed E-state index contributed by atoms with van der Waals surface area (Å²) < 4.78 is 0. The first-order valence-electron chi connectivity index (χ1n) is 3.75. The lowest BCUT2D eigenvalue weighted by molar-refractivity contribution is -0.118. The number of hydrogen-bond donors (Lipinski definition) is 1. The van der Waals surface area contributed by atoms with E-state index in [1.54, 1.807) is 18.0 Å². The zero-order valence-corrected chi connectivity index (χ0v) is 8.57. The van der Waals surface area contributed by atoms with Crippen molar-refractivity contribution in [2.24, 2.45) is 10.9 Å². The summed E-state index contributed by atoms with van der Waals surface area (Å²) >= 11 is 5.67. The lowest BCUT2D eigenvalue weighted by atomic mass is 10.1. The van der Waals surface area contributed by atoms with Crippen LogP contribution >= 0.6 is 24.4 Å². The molecular weight excluding hydrogens is 190 g/mol. The highest BCUT2D eigenvalue weighted by atomic mass is 32.2. The van der Waals surface area contributed by atoms with Gasteiger partial charge in [-0.15, -0.1) is 11.8 Å². The van der Waals surface area contributed by atoms with E-state index < -0.39 is 0 Å². The Balaban J connectivity index is 2.63. The number of carbonyl (C=O) groups excluding carboxylic acids is 1. The molecule has 0 aromatic heterocycles. The van der Waals surface area contributed by atoms with Gasteiger partial charge in [-0.1, -0.05) is 6.92 Å². The molecule has 0 saturated carbocycles. The van der Waals surface area contributed by atoms with Gasteiger partial charge in [-0.3, -0.25) is 9.79 Å². The molecule has 0 aliphatic carbocycles. The van der Waals surface area contributed by atoms with Crippen molar-refractivity contribution in [3.63, 3.8) is 0 Å². The second kappa shape index (κ2) is 4.72. The summed E-state index contributed by atoms with van der Waals surface area (Å²) in [4.78, 5) is 15.5. The number of rotatable bonds is 3. The van der Waals surface area contributed by atoms with Gasteiger partial charge in [-0.25, -0.2) is 0 Å². The van der Waals surface area contributed by atoms with Gasteiger partial charge in [0.25, 0.3) is 0 Å². The molecule has 12 heavy (non-hydrogen) atoms. The minimum Gasteiger partial charge on any atom is -0.292 e. The maximum atomic E-state index is 11.5. The standard InChI is InChI=1S/C8H11NOS2/c1-6(4-11)8(10)7-5-12-3-2-9-7/h2,5-6,11H,3-4H2,1H3. The Morgan fingerprint density at radius 3 is 3.17 bits per heavy atom. The number of thioether (sulfide) groups is 1. The number of ketones is 1. The molecule has 1 unspecified atom stereocenters. The zero-order chi connectivity index (χ0) is 8.97. The third kappa shape index (κ3) is 2.38. The van der Waals surface area contributed by atoms with Crippen LogP contribution in [0.1, 0.15) is 6.92 Å². The number of thiol groups is 1. The maximum absolute atomic E-state index is 11.5. The first kappa shape index (κ1) is 9.86. The summed E-state index contributed by atoms with van der Waals surface area (Å²) in [5.74, 6) is 1.51. The molecule has 0 bridgehead atoms. The van der Waals surface area contributed by atoms with E-state index in [-0.39, 0.29) is 11.7 Å². The van der Waals surface area contributed by atoms with Gasteiger partial charge >= 0.3 is 0 Å². The van der Waals surface area contributed by atoms with Crippen LogP contribution in [0.15, 0.2) is 16.1 Å². The summed E-state index contributed by atoms with van der Waals surface area (Å²) in [5.41, 5.74) is 0.577. The molecule has 1 aliphatic heterocycles. The summed E-state index contributed by atoms with van der Waals surface area (Å²) in [5, 5.41) is 1.82. The third-order valence-electron chi connectivity index (χ3n) is 1.57. The van der Waals surface area contributed by atoms with Crippen LogP contribution in [0.4, 0.5) is 0 Å². The maximum Gasteiger partial charge on any atom is 0.185 e. The highest BCUT2D eigenvalue weighted by Gasteiger charge is 2.16. The van der Waals surface area contributed by atoms with Crippen LogP contribution in [0.5, 0.6) is 0 Å². The third-order valence-corrected chi connectivity index (χ3v) is 2.85. The molecule has 0 saturated heterocycles. The monoisotopic (exact) mass is 201 g/mol. The van der Waals surface area contributed by atoms with Crippen molar-refractivity contribution >= 4 is 36.4 Å². The van der Waals surface area contributed by atoms with Crippen LogP contribution in [-0.4, -0.2) is 23.5 Å². The average molecular weight is 201 g/mol. The van der Waals surface area contributed by atoms with E-state index in [9.17, 15) is 4.79 Å². The number of Topliss-reactive ketones (excluding diaryl/α,β-unsaturated/α-hetero) is 1. The van der Waals surface area contributed by atoms with Crippen LogP contribution in [0.2, 0.25) is 0 Å². The molecule has 0 radical (unpaired) electrons. The van der Waals surface area contributed by atoms with Gasteiger partial charge in [0.15, 0.2) is 5.78 Å². The van der Waals surface area contributed by atoms with Crippen LogP contribution in [0.25, 0.3) is 0 Å². The molecule has 4 heteroatoms. The fourth-order valence-corrected chi connectivity index (χ4v) is 1.55. The van der Waals surface area contributed by atoms with Gasteiger partial charge in [-0.2, -0.15) is 12.6 Å². The molecule has 0 fully saturated rings. The number of hydrogen-bond acceptors (Lipinski definition) is 4. The molecular formula is C8H11NOS2. The largest absolute Gasteiger partial charge is 0.292 e. The lowest BCUT2D eigenvalue weighted by Crippen LogP contribution is -2.14. The smallest absolute Gasteiger partial charge is 0.185 e. The summed E-state index contributed by atoms with van der Waals surface area (Å²) in [7, 11) is 0. The van der Waals surface area contributed by atoms with Crippen molar-refractivity contribution in [3.8, 4) is 0 Å². The number of nitrogens with zero attached hydrogens (tertiary/aromatic N) is 1. The Morgan fingerprint density at radius 2 is 2.67 bits per heavy atom. The van der Waals surface area contributed by atoms with Gasteiger partial charge in [0.2, 0.25) is 0 Å². The second-order valence-corrected chi connectivity index (χ2v) is 3.86. The normalized spacial score (nSPS) is 18.7. The Labute approximate surface area is 81.9 Å². The van der Waals surface area contributed by atoms with Gasteiger partial charge in [0, 0.05) is 29.0 Å². The quantitative estimate of drug-likeness (QED) is 0.705. The van der Waals surface area contributed by atoms with Crippen molar-refractivity contribution in [2.75, 3.05) is 11.5 Å². The minimum absolute atomic E-state index is 0.0320. The Bertz CT molecular complexity index is 235. The molecule has 2 nitrogen and oxygen atoms in total. The van der Waals surface area contributed by atoms with Crippen molar-refractivity contribution in [2.45, 2.75) is 6.92 Å². The van der Waals surface area contributed by atoms with Gasteiger partial charge in [0.1, 0.15) is 5.70 Å². The molecule has 1 atom stereocenters. The van der Waals surface area contributed by atoms with Crippen molar-refractivity contribution < 1.29 is 4.79 Å². The predicted molar refractivity (Wildman–Crippen MR) is 57.1 cm³/mol. The molecule has 66 valence electrons. The van der Waals surface area contributed by atoms with Crippen LogP contribution in [-0.2, 0) is 4.79 Å². The predicted octanol–water partition coefficient (Wildman–Crippen LogP) is 1.78. The Kier molecular flexibility index (Phi) is 3.88. The number of carbonyl (C=O) groups is 1.